The quantitative estimate of drug-likeness (QED) is 0.587. The van der Waals surface area contributed by atoms with Crippen molar-refractivity contribution >= 4 is 5.91 Å². The number of amides is 1. The van der Waals surface area contributed by atoms with Crippen LogP contribution in [0.5, 0.6) is 0 Å². The van der Waals surface area contributed by atoms with Gasteiger partial charge in [-0.3, -0.25) is 4.79 Å². The number of morpholine rings is 1. The molecule has 12 heavy (non-hydrogen) atoms. The normalized spacial score (nSPS) is 30.4. The van der Waals surface area contributed by atoms with Crippen LogP contribution in [0, 0.1) is 0 Å². The number of ether oxygens (including phenoxy) is 1. The molecular formula is C8H15NO3. The molecule has 4 nitrogen and oxygen atoms in total. The summed E-state index contributed by atoms with van der Waals surface area (Å²) in [6, 6.07) is 0.154. The Morgan fingerprint density at radius 3 is 2.42 bits per heavy atom. The van der Waals surface area contributed by atoms with Crippen molar-refractivity contribution in [2.75, 3.05) is 19.8 Å². The highest BCUT2D eigenvalue weighted by Gasteiger charge is 2.28. The first kappa shape index (κ1) is 9.48. The van der Waals surface area contributed by atoms with Gasteiger partial charge >= 0.3 is 0 Å². The number of carbonyl (C=O) groups excluding carboxylic acids is 1. The van der Waals surface area contributed by atoms with Gasteiger partial charge in [-0.15, -0.1) is 0 Å². The average molecular weight is 173 g/mol. The van der Waals surface area contributed by atoms with Gasteiger partial charge in [0.2, 0.25) is 5.91 Å². The van der Waals surface area contributed by atoms with Gasteiger partial charge in [0.15, 0.2) is 0 Å². The van der Waals surface area contributed by atoms with Crippen LogP contribution in [-0.2, 0) is 9.53 Å². The fourth-order valence-corrected chi connectivity index (χ4v) is 1.58. The van der Waals surface area contributed by atoms with Crippen molar-refractivity contribution < 1.29 is 14.6 Å². The molecular weight excluding hydrogens is 158 g/mol. The molecule has 4 heteroatoms. The SMILES string of the molecule is CC1COC[C@@H](C)N1C(=O)CO. The Hall–Kier alpha value is -0.610. The van der Waals surface area contributed by atoms with E-state index in [1.54, 1.807) is 4.90 Å². The van der Waals surface area contributed by atoms with Crippen LogP contribution in [0.3, 0.4) is 0 Å². The van der Waals surface area contributed by atoms with Gasteiger partial charge in [0.25, 0.3) is 0 Å². The summed E-state index contributed by atoms with van der Waals surface area (Å²) in [5.74, 6) is -0.210. The van der Waals surface area contributed by atoms with Crippen molar-refractivity contribution in [1.29, 1.82) is 0 Å². The topological polar surface area (TPSA) is 49.8 Å². The first-order chi connectivity index (χ1) is 5.66. The third kappa shape index (κ3) is 1.76. The Morgan fingerprint density at radius 1 is 1.50 bits per heavy atom. The summed E-state index contributed by atoms with van der Waals surface area (Å²) in [5.41, 5.74) is 0. The van der Waals surface area contributed by atoms with Crippen molar-refractivity contribution in [2.24, 2.45) is 0 Å². The molecule has 0 bridgehead atoms. The number of nitrogens with zero attached hydrogens (tertiary/aromatic N) is 1. The lowest BCUT2D eigenvalue weighted by Gasteiger charge is -2.38. The Labute approximate surface area is 72.1 Å². The van der Waals surface area contributed by atoms with E-state index in [1.165, 1.54) is 0 Å². The first-order valence-electron chi connectivity index (χ1n) is 4.16. The summed E-state index contributed by atoms with van der Waals surface area (Å²) < 4.78 is 5.24. The van der Waals surface area contributed by atoms with E-state index in [0.717, 1.165) is 0 Å². The zero-order valence-corrected chi connectivity index (χ0v) is 7.49. The molecule has 1 N–H and O–H groups in total. The van der Waals surface area contributed by atoms with Gasteiger partial charge < -0.3 is 14.7 Å². The summed E-state index contributed by atoms with van der Waals surface area (Å²) in [6.45, 7) is 4.56. The second kappa shape index (κ2) is 3.87. The van der Waals surface area contributed by atoms with Crippen molar-refractivity contribution in [2.45, 2.75) is 25.9 Å². The highest BCUT2D eigenvalue weighted by molar-refractivity contribution is 5.77. The minimum atomic E-state index is -0.408. The van der Waals surface area contributed by atoms with E-state index in [9.17, 15) is 4.79 Å². The molecule has 0 aliphatic carbocycles. The lowest BCUT2D eigenvalue weighted by molar-refractivity contribution is -0.147. The molecule has 2 atom stereocenters. The molecule has 0 saturated carbocycles. The molecule has 1 amide bonds. The van der Waals surface area contributed by atoms with Crippen LogP contribution in [-0.4, -0.2) is 47.8 Å². The maximum Gasteiger partial charge on any atom is 0.248 e. The molecule has 0 aromatic heterocycles. The molecule has 0 spiro atoms. The molecule has 1 rings (SSSR count). The summed E-state index contributed by atoms with van der Waals surface area (Å²) in [5, 5.41) is 8.69. The Kier molecular flexibility index (Phi) is 3.05. The van der Waals surface area contributed by atoms with Crippen LogP contribution in [0.4, 0.5) is 0 Å². The minimum absolute atomic E-state index is 0.0772. The first-order valence-corrected chi connectivity index (χ1v) is 4.16. The van der Waals surface area contributed by atoms with Crippen molar-refractivity contribution in [1.82, 2.24) is 4.90 Å². The van der Waals surface area contributed by atoms with E-state index in [2.05, 4.69) is 0 Å². The zero-order chi connectivity index (χ0) is 9.14. The van der Waals surface area contributed by atoms with Gasteiger partial charge in [-0.25, -0.2) is 0 Å². The monoisotopic (exact) mass is 173 g/mol. The summed E-state index contributed by atoms with van der Waals surface area (Å²) in [6.07, 6.45) is 0. The summed E-state index contributed by atoms with van der Waals surface area (Å²) >= 11 is 0. The van der Waals surface area contributed by atoms with Crippen LogP contribution in [0.15, 0.2) is 0 Å². The second-order valence-corrected chi connectivity index (χ2v) is 3.19. The van der Waals surface area contributed by atoms with E-state index in [4.69, 9.17) is 9.84 Å². The minimum Gasteiger partial charge on any atom is -0.387 e. The van der Waals surface area contributed by atoms with E-state index >= 15 is 0 Å². The number of hydrogen-bond acceptors (Lipinski definition) is 3. The zero-order valence-electron chi connectivity index (χ0n) is 7.49. The van der Waals surface area contributed by atoms with Crippen molar-refractivity contribution in [3.8, 4) is 0 Å². The van der Waals surface area contributed by atoms with Crippen molar-refractivity contribution in [3.05, 3.63) is 0 Å². The fraction of sp³-hybridized carbons (Fsp3) is 0.875. The predicted molar refractivity (Wildman–Crippen MR) is 43.7 cm³/mol. The number of hydrogen-bond donors (Lipinski definition) is 1. The standard InChI is InChI=1S/C8H15NO3/c1-6-4-12-5-7(2)9(6)8(11)3-10/h6-7,10H,3-5H2,1-2H3/t6-,7?/m1/s1. The van der Waals surface area contributed by atoms with E-state index in [-0.39, 0.29) is 18.0 Å². The van der Waals surface area contributed by atoms with Gasteiger partial charge in [0.1, 0.15) is 6.61 Å². The fourth-order valence-electron chi connectivity index (χ4n) is 1.58. The molecule has 1 saturated heterocycles. The number of carbonyl (C=O) groups is 1. The molecule has 1 aliphatic rings. The lowest BCUT2D eigenvalue weighted by Crippen LogP contribution is -2.53. The maximum absolute atomic E-state index is 11.2. The summed E-state index contributed by atoms with van der Waals surface area (Å²) in [7, 11) is 0. The predicted octanol–water partition coefficient (Wildman–Crippen LogP) is -0.385. The number of aliphatic hydroxyl groups excluding tert-OH is 1. The van der Waals surface area contributed by atoms with Gasteiger partial charge in [0.05, 0.1) is 25.3 Å². The van der Waals surface area contributed by atoms with Crippen LogP contribution < -0.4 is 0 Å². The molecule has 1 aliphatic heterocycles. The van der Waals surface area contributed by atoms with Gasteiger partial charge in [-0.2, -0.15) is 0 Å². The van der Waals surface area contributed by atoms with Crippen LogP contribution >= 0.6 is 0 Å². The largest absolute Gasteiger partial charge is 0.387 e. The van der Waals surface area contributed by atoms with E-state index in [0.29, 0.717) is 13.2 Å². The van der Waals surface area contributed by atoms with Gasteiger partial charge in [0, 0.05) is 0 Å². The maximum atomic E-state index is 11.2. The van der Waals surface area contributed by atoms with Gasteiger partial charge in [-0.05, 0) is 13.8 Å². The molecule has 70 valence electrons. The lowest BCUT2D eigenvalue weighted by atomic mass is 10.2. The molecule has 1 unspecified atom stereocenters. The third-order valence-corrected chi connectivity index (χ3v) is 2.09. The number of rotatable bonds is 1. The van der Waals surface area contributed by atoms with Crippen LogP contribution in [0.1, 0.15) is 13.8 Å². The Bertz CT molecular complexity index is 162. The van der Waals surface area contributed by atoms with E-state index in [1.807, 2.05) is 13.8 Å². The highest BCUT2D eigenvalue weighted by Crippen LogP contribution is 2.12. The molecule has 0 aromatic carbocycles. The highest BCUT2D eigenvalue weighted by atomic mass is 16.5. The average Bonchev–Trinajstić information content (AvgIpc) is 2.03. The summed E-state index contributed by atoms with van der Waals surface area (Å²) in [4.78, 5) is 12.9. The van der Waals surface area contributed by atoms with Crippen molar-refractivity contribution in [3.63, 3.8) is 0 Å². The van der Waals surface area contributed by atoms with Crippen LogP contribution in [0.2, 0.25) is 0 Å². The smallest absolute Gasteiger partial charge is 0.248 e. The Morgan fingerprint density at radius 2 is 2.00 bits per heavy atom. The molecule has 1 fully saturated rings. The van der Waals surface area contributed by atoms with E-state index < -0.39 is 6.61 Å². The molecule has 1 heterocycles. The van der Waals surface area contributed by atoms with Crippen LogP contribution in [0.25, 0.3) is 0 Å². The Balaban J connectivity index is 2.62. The third-order valence-electron chi connectivity index (χ3n) is 2.09. The van der Waals surface area contributed by atoms with Gasteiger partial charge in [-0.1, -0.05) is 0 Å². The molecule has 0 radical (unpaired) electrons. The number of aliphatic hydroxyl groups is 1. The molecule has 0 aromatic rings. The second-order valence-electron chi connectivity index (χ2n) is 3.19.